The molecule has 5 nitrogen and oxygen atoms in total. The van der Waals surface area contributed by atoms with Gasteiger partial charge >= 0.3 is 5.97 Å². The Bertz CT molecular complexity index is 475. The third kappa shape index (κ3) is 3.22. The van der Waals surface area contributed by atoms with E-state index in [2.05, 4.69) is 12.2 Å². The van der Waals surface area contributed by atoms with E-state index in [-0.39, 0.29) is 18.1 Å². The fourth-order valence-electron chi connectivity index (χ4n) is 2.32. The minimum atomic E-state index is -0.286. The van der Waals surface area contributed by atoms with Gasteiger partial charge in [0.25, 0.3) is 0 Å². The molecule has 2 rings (SSSR count). The Hall–Kier alpha value is -1.75. The molecule has 0 radical (unpaired) electrons. The van der Waals surface area contributed by atoms with Crippen LogP contribution in [0.2, 0.25) is 0 Å². The Morgan fingerprint density at radius 1 is 1.35 bits per heavy atom. The van der Waals surface area contributed by atoms with E-state index in [1.54, 1.807) is 7.11 Å². The fourth-order valence-corrected chi connectivity index (χ4v) is 2.32. The van der Waals surface area contributed by atoms with Gasteiger partial charge in [-0.25, -0.2) is 0 Å². The van der Waals surface area contributed by atoms with Crippen LogP contribution < -0.4 is 14.8 Å². The number of hydrogen-bond donors (Lipinski definition) is 1. The zero-order valence-electron chi connectivity index (χ0n) is 12.1. The van der Waals surface area contributed by atoms with Crippen molar-refractivity contribution in [2.24, 2.45) is 0 Å². The molecule has 1 heterocycles. The van der Waals surface area contributed by atoms with Gasteiger partial charge in [-0.3, -0.25) is 4.79 Å². The molecule has 2 atom stereocenters. The molecule has 1 aliphatic rings. The van der Waals surface area contributed by atoms with Gasteiger partial charge in [-0.2, -0.15) is 0 Å². The van der Waals surface area contributed by atoms with Crippen LogP contribution in [0.5, 0.6) is 11.5 Å². The van der Waals surface area contributed by atoms with Crippen LogP contribution in [0.3, 0.4) is 0 Å². The van der Waals surface area contributed by atoms with E-state index in [4.69, 9.17) is 14.2 Å². The van der Waals surface area contributed by atoms with Gasteiger partial charge < -0.3 is 19.5 Å². The average molecular weight is 279 g/mol. The summed E-state index contributed by atoms with van der Waals surface area (Å²) in [6.45, 7) is 2.72. The molecule has 5 heteroatoms. The number of rotatable bonds is 5. The van der Waals surface area contributed by atoms with Crippen molar-refractivity contribution in [3.63, 3.8) is 0 Å². The average Bonchev–Trinajstić information content (AvgIpc) is 2.95. The SMILES string of the molecule is CCc1ccc(OC2CNC(C(=O)OC)C2)c(OC)c1. The number of carbonyl (C=O) groups is 1. The van der Waals surface area contributed by atoms with Gasteiger partial charge in [0.2, 0.25) is 0 Å². The van der Waals surface area contributed by atoms with Crippen molar-refractivity contribution in [1.29, 1.82) is 0 Å². The minimum Gasteiger partial charge on any atom is -0.493 e. The smallest absolute Gasteiger partial charge is 0.323 e. The first kappa shape index (κ1) is 14.7. The van der Waals surface area contributed by atoms with Crippen molar-refractivity contribution in [2.45, 2.75) is 31.9 Å². The number of carbonyl (C=O) groups excluding carboxylic acids is 1. The molecule has 1 aromatic rings. The third-order valence-electron chi connectivity index (χ3n) is 3.51. The topological polar surface area (TPSA) is 56.8 Å². The molecule has 0 bridgehead atoms. The van der Waals surface area contributed by atoms with Crippen LogP contribution in [-0.4, -0.2) is 38.9 Å². The van der Waals surface area contributed by atoms with E-state index >= 15 is 0 Å². The Kier molecular flexibility index (Phi) is 4.84. The predicted octanol–water partition coefficient (Wildman–Crippen LogP) is 1.54. The van der Waals surface area contributed by atoms with Crippen LogP contribution in [0.4, 0.5) is 0 Å². The monoisotopic (exact) mass is 279 g/mol. The molecule has 0 amide bonds. The number of ether oxygens (including phenoxy) is 3. The van der Waals surface area contributed by atoms with E-state index in [0.29, 0.717) is 18.7 Å². The van der Waals surface area contributed by atoms with Crippen molar-refractivity contribution in [3.8, 4) is 11.5 Å². The van der Waals surface area contributed by atoms with Gasteiger partial charge in [0.1, 0.15) is 12.1 Å². The second kappa shape index (κ2) is 6.61. The number of esters is 1. The molecule has 1 fully saturated rings. The van der Waals surface area contributed by atoms with Crippen molar-refractivity contribution >= 4 is 5.97 Å². The largest absolute Gasteiger partial charge is 0.493 e. The highest BCUT2D eigenvalue weighted by Crippen LogP contribution is 2.30. The first-order valence-corrected chi connectivity index (χ1v) is 6.82. The van der Waals surface area contributed by atoms with E-state index in [1.807, 2.05) is 18.2 Å². The van der Waals surface area contributed by atoms with Crippen LogP contribution >= 0.6 is 0 Å². The number of nitrogens with one attached hydrogen (secondary N) is 1. The maximum atomic E-state index is 11.5. The summed E-state index contributed by atoms with van der Waals surface area (Å²) in [4.78, 5) is 11.5. The molecule has 0 saturated carbocycles. The molecule has 20 heavy (non-hydrogen) atoms. The zero-order chi connectivity index (χ0) is 14.5. The van der Waals surface area contributed by atoms with Crippen LogP contribution in [0.1, 0.15) is 18.9 Å². The lowest BCUT2D eigenvalue weighted by Gasteiger charge is -2.16. The molecule has 2 unspecified atom stereocenters. The van der Waals surface area contributed by atoms with Gasteiger partial charge in [0.05, 0.1) is 14.2 Å². The van der Waals surface area contributed by atoms with E-state index in [0.717, 1.165) is 12.2 Å². The molecule has 1 N–H and O–H groups in total. The number of benzene rings is 1. The van der Waals surface area contributed by atoms with Crippen molar-refractivity contribution in [3.05, 3.63) is 23.8 Å². The summed E-state index contributed by atoms with van der Waals surface area (Å²) in [6.07, 6.45) is 1.50. The molecule has 0 spiro atoms. The first-order valence-electron chi connectivity index (χ1n) is 6.82. The van der Waals surface area contributed by atoms with Crippen LogP contribution in [0, 0.1) is 0 Å². The van der Waals surface area contributed by atoms with Crippen molar-refractivity contribution < 1.29 is 19.0 Å². The predicted molar refractivity (Wildman–Crippen MR) is 75.2 cm³/mol. The standard InChI is InChI=1S/C15H21NO4/c1-4-10-5-6-13(14(7-10)18-2)20-11-8-12(16-9-11)15(17)19-3/h5-7,11-12,16H,4,8-9H2,1-3H3. The van der Waals surface area contributed by atoms with Crippen molar-refractivity contribution in [2.75, 3.05) is 20.8 Å². The molecule has 1 aromatic carbocycles. The third-order valence-corrected chi connectivity index (χ3v) is 3.51. The summed E-state index contributed by atoms with van der Waals surface area (Å²) < 4.78 is 16.0. The maximum Gasteiger partial charge on any atom is 0.323 e. The van der Waals surface area contributed by atoms with Gasteiger partial charge in [0, 0.05) is 13.0 Å². The van der Waals surface area contributed by atoms with Crippen LogP contribution in [0.25, 0.3) is 0 Å². The summed E-state index contributed by atoms with van der Waals surface area (Å²) in [7, 11) is 3.02. The Labute approximate surface area is 119 Å². The van der Waals surface area contributed by atoms with E-state index in [9.17, 15) is 4.79 Å². The van der Waals surface area contributed by atoms with Crippen LogP contribution in [0.15, 0.2) is 18.2 Å². The maximum absolute atomic E-state index is 11.5. The lowest BCUT2D eigenvalue weighted by Crippen LogP contribution is -2.31. The van der Waals surface area contributed by atoms with Gasteiger partial charge in [-0.05, 0) is 24.1 Å². The van der Waals surface area contributed by atoms with Crippen LogP contribution in [-0.2, 0) is 16.0 Å². The summed E-state index contributed by atoms with van der Waals surface area (Å²) in [5.74, 6) is 1.19. The summed E-state index contributed by atoms with van der Waals surface area (Å²) >= 11 is 0. The quantitative estimate of drug-likeness (QED) is 0.829. The molecule has 0 aliphatic carbocycles. The highest BCUT2D eigenvalue weighted by molar-refractivity contribution is 5.76. The highest BCUT2D eigenvalue weighted by atomic mass is 16.5. The molecular formula is C15H21NO4. The first-order chi connectivity index (χ1) is 9.67. The second-order valence-electron chi connectivity index (χ2n) is 4.80. The molecular weight excluding hydrogens is 258 g/mol. The molecule has 1 aliphatic heterocycles. The Morgan fingerprint density at radius 2 is 2.15 bits per heavy atom. The Balaban J connectivity index is 2.02. The van der Waals surface area contributed by atoms with E-state index in [1.165, 1.54) is 12.7 Å². The zero-order valence-corrected chi connectivity index (χ0v) is 12.1. The number of methoxy groups -OCH3 is 2. The lowest BCUT2D eigenvalue weighted by molar-refractivity contribution is -0.142. The molecule has 110 valence electrons. The number of hydrogen-bond acceptors (Lipinski definition) is 5. The van der Waals surface area contributed by atoms with Gasteiger partial charge in [-0.15, -0.1) is 0 Å². The molecule has 1 saturated heterocycles. The fraction of sp³-hybridized carbons (Fsp3) is 0.533. The van der Waals surface area contributed by atoms with E-state index < -0.39 is 0 Å². The second-order valence-corrected chi connectivity index (χ2v) is 4.80. The molecule has 0 aromatic heterocycles. The van der Waals surface area contributed by atoms with Gasteiger partial charge in [0.15, 0.2) is 11.5 Å². The Morgan fingerprint density at radius 3 is 2.80 bits per heavy atom. The highest BCUT2D eigenvalue weighted by Gasteiger charge is 2.31. The summed E-state index contributed by atoms with van der Waals surface area (Å²) in [5.41, 5.74) is 1.20. The normalized spacial score (nSPS) is 21.6. The minimum absolute atomic E-state index is 0.0551. The summed E-state index contributed by atoms with van der Waals surface area (Å²) in [5, 5.41) is 3.10. The van der Waals surface area contributed by atoms with Crippen molar-refractivity contribution in [1.82, 2.24) is 5.32 Å². The number of aryl methyl sites for hydroxylation is 1. The van der Waals surface area contributed by atoms with Gasteiger partial charge in [-0.1, -0.05) is 13.0 Å². The summed E-state index contributed by atoms with van der Waals surface area (Å²) in [6, 6.07) is 5.64. The lowest BCUT2D eigenvalue weighted by atomic mass is 10.1.